The standard InChI is InChI=1S/C13H16BrN3O2/c14-9-1-2-12-15-7-11(17(12)8-9)13(18)16-10-3-5-19-6-4-10/h1-2,7-8,10,13,16,18H,3-6H2. The number of aliphatic hydroxyl groups is 1. The number of aromatic nitrogens is 2. The number of nitrogens with zero attached hydrogens (tertiary/aromatic N) is 2. The van der Waals surface area contributed by atoms with Gasteiger partial charge in [-0.3, -0.25) is 9.72 Å². The van der Waals surface area contributed by atoms with E-state index in [4.69, 9.17) is 4.74 Å². The molecule has 6 heteroatoms. The van der Waals surface area contributed by atoms with Crippen LogP contribution in [0.25, 0.3) is 5.65 Å². The zero-order valence-electron chi connectivity index (χ0n) is 10.4. The van der Waals surface area contributed by atoms with Gasteiger partial charge in [-0.15, -0.1) is 0 Å². The van der Waals surface area contributed by atoms with Gasteiger partial charge in [-0.2, -0.15) is 0 Å². The van der Waals surface area contributed by atoms with E-state index in [-0.39, 0.29) is 0 Å². The van der Waals surface area contributed by atoms with E-state index in [0.717, 1.165) is 41.9 Å². The number of halogens is 1. The van der Waals surface area contributed by atoms with Crippen molar-refractivity contribution in [1.29, 1.82) is 0 Å². The molecule has 5 nitrogen and oxygen atoms in total. The summed E-state index contributed by atoms with van der Waals surface area (Å²) in [5, 5.41) is 13.6. The van der Waals surface area contributed by atoms with E-state index < -0.39 is 6.23 Å². The summed E-state index contributed by atoms with van der Waals surface area (Å²) in [5.41, 5.74) is 1.58. The first kappa shape index (κ1) is 13.1. The largest absolute Gasteiger partial charge is 0.381 e. The van der Waals surface area contributed by atoms with Crippen LogP contribution in [0.2, 0.25) is 0 Å². The van der Waals surface area contributed by atoms with E-state index in [1.165, 1.54) is 0 Å². The van der Waals surface area contributed by atoms with Crippen LogP contribution in [0, 0.1) is 0 Å². The Balaban J connectivity index is 1.80. The third kappa shape index (κ3) is 2.81. The van der Waals surface area contributed by atoms with Crippen LogP contribution in [0.4, 0.5) is 0 Å². The molecule has 0 radical (unpaired) electrons. The molecule has 1 saturated heterocycles. The molecule has 0 aliphatic carbocycles. The predicted octanol–water partition coefficient (Wildman–Crippen LogP) is 1.86. The Morgan fingerprint density at radius 1 is 1.42 bits per heavy atom. The highest BCUT2D eigenvalue weighted by Crippen LogP contribution is 2.19. The Hall–Kier alpha value is -0.950. The van der Waals surface area contributed by atoms with Crippen molar-refractivity contribution in [3.8, 4) is 0 Å². The van der Waals surface area contributed by atoms with Crippen molar-refractivity contribution in [2.24, 2.45) is 0 Å². The monoisotopic (exact) mass is 325 g/mol. The number of ether oxygens (including phenoxy) is 1. The third-order valence-corrected chi connectivity index (χ3v) is 3.86. The maximum atomic E-state index is 10.3. The molecule has 0 saturated carbocycles. The molecule has 2 aromatic heterocycles. The van der Waals surface area contributed by atoms with E-state index in [9.17, 15) is 5.11 Å². The van der Waals surface area contributed by atoms with Crippen molar-refractivity contribution < 1.29 is 9.84 Å². The van der Waals surface area contributed by atoms with Crippen molar-refractivity contribution in [1.82, 2.24) is 14.7 Å². The molecular weight excluding hydrogens is 310 g/mol. The molecule has 1 unspecified atom stereocenters. The lowest BCUT2D eigenvalue weighted by Gasteiger charge is -2.25. The molecule has 2 aromatic rings. The topological polar surface area (TPSA) is 58.8 Å². The average Bonchev–Trinajstić information content (AvgIpc) is 2.82. The average molecular weight is 326 g/mol. The summed E-state index contributed by atoms with van der Waals surface area (Å²) in [4.78, 5) is 4.29. The minimum Gasteiger partial charge on any atom is -0.381 e. The highest BCUT2D eigenvalue weighted by atomic mass is 79.9. The summed E-state index contributed by atoms with van der Waals surface area (Å²) in [7, 11) is 0. The Labute approximate surface area is 119 Å². The fourth-order valence-corrected chi connectivity index (χ4v) is 2.69. The molecule has 1 atom stereocenters. The second-order valence-electron chi connectivity index (χ2n) is 4.71. The van der Waals surface area contributed by atoms with E-state index in [1.54, 1.807) is 6.20 Å². The van der Waals surface area contributed by atoms with Crippen LogP contribution >= 0.6 is 15.9 Å². The van der Waals surface area contributed by atoms with Gasteiger partial charge in [-0.1, -0.05) is 0 Å². The molecule has 0 amide bonds. The minimum absolute atomic E-state index is 0.293. The van der Waals surface area contributed by atoms with E-state index in [1.807, 2.05) is 22.7 Å². The van der Waals surface area contributed by atoms with Gasteiger partial charge in [0.15, 0.2) is 0 Å². The van der Waals surface area contributed by atoms with Gasteiger partial charge in [-0.05, 0) is 40.9 Å². The SMILES string of the molecule is OC(NC1CCOCC1)c1cnc2ccc(Br)cn12. The van der Waals surface area contributed by atoms with Crippen molar-refractivity contribution in [3.63, 3.8) is 0 Å². The fourth-order valence-electron chi connectivity index (χ4n) is 2.35. The summed E-state index contributed by atoms with van der Waals surface area (Å²) in [6.07, 6.45) is 4.76. The second kappa shape index (κ2) is 5.58. The Kier molecular flexibility index (Phi) is 3.83. The number of pyridine rings is 1. The van der Waals surface area contributed by atoms with E-state index in [0.29, 0.717) is 6.04 Å². The highest BCUT2D eigenvalue weighted by Gasteiger charge is 2.19. The molecule has 102 valence electrons. The predicted molar refractivity (Wildman–Crippen MR) is 74.8 cm³/mol. The van der Waals surface area contributed by atoms with Gasteiger partial charge in [0.2, 0.25) is 0 Å². The van der Waals surface area contributed by atoms with Gasteiger partial charge in [0, 0.05) is 29.9 Å². The number of hydrogen-bond acceptors (Lipinski definition) is 4. The summed E-state index contributed by atoms with van der Waals surface area (Å²) in [5.74, 6) is 0. The van der Waals surface area contributed by atoms with Crippen LogP contribution in [0.15, 0.2) is 29.0 Å². The molecular formula is C13H16BrN3O2. The van der Waals surface area contributed by atoms with Gasteiger partial charge in [-0.25, -0.2) is 4.98 Å². The van der Waals surface area contributed by atoms with Crippen molar-refractivity contribution in [2.75, 3.05) is 13.2 Å². The van der Waals surface area contributed by atoms with Crippen molar-refractivity contribution in [3.05, 3.63) is 34.7 Å². The quantitative estimate of drug-likeness (QED) is 0.846. The maximum absolute atomic E-state index is 10.3. The molecule has 1 aliphatic rings. The van der Waals surface area contributed by atoms with Gasteiger partial charge < -0.3 is 9.84 Å². The normalized spacial score (nSPS) is 18.8. The zero-order valence-corrected chi connectivity index (χ0v) is 12.0. The van der Waals surface area contributed by atoms with Crippen LogP contribution in [-0.4, -0.2) is 33.7 Å². The molecule has 0 spiro atoms. The maximum Gasteiger partial charge on any atom is 0.148 e. The molecule has 1 aliphatic heterocycles. The van der Waals surface area contributed by atoms with Crippen LogP contribution in [-0.2, 0) is 4.74 Å². The fraction of sp³-hybridized carbons (Fsp3) is 0.462. The Morgan fingerprint density at radius 2 is 2.21 bits per heavy atom. The number of nitrogens with one attached hydrogen (secondary N) is 1. The zero-order chi connectivity index (χ0) is 13.2. The number of aliphatic hydroxyl groups excluding tert-OH is 1. The lowest BCUT2D eigenvalue weighted by atomic mass is 10.1. The molecule has 3 rings (SSSR count). The second-order valence-corrected chi connectivity index (χ2v) is 5.63. The van der Waals surface area contributed by atoms with Gasteiger partial charge in [0.25, 0.3) is 0 Å². The Morgan fingerprint density at radius 3 is 3.00 bits per heavy atom. The number of imidazole rings is 1. The van der Waals surface area contributed by atoms with Crippen LogP contribution in [0.5, 0.6) is 0 Å². The van der Waals surface area contributed by atoms with Gasteiger partial charge in [0.1, 0.15) is 11.9 Å². The highest BCUT2D eigenvalue weighted by molar-refractivity contribution is 9.10. The lowest BCUT2D eigenvalue weighted by molar-refractivity contribution is 0.0476. The number of rotatable bonds is 3. The minimum atomic E-state index is -0.715. The summed E-state index contributed by atoms with van der Waals surface area (Å²) in [6.45, 7) is 1.51. The molecule has 0 bridgehead atoms. The molecule has 3 heterocycles. The van der Waals surface area contributed by atoms with Crippen LogP contribution in [0.1, 0.15) is 24.8 Å². The number of hydrogen-bond donors (Lipinski definition) is 2. The first-order valence-electron chi connectivity index (χ1n) is 6.38. The van der Waals surface area contributed by atoms with Crippen molar-refractivity contribution in [2.45, 2.75) is 25.1 Å². The van der Waals surface area contributed by atoms with Gasteiger partial charge in [0.05, 0.1) is 11.9 Å². The molecule has 1 fully saturated rings. The van der Waals surface area contributed by atoms with E-state index in [2.05, 4.69) is 26.2 Å². The summed E-state index contributed by atoms with van der Waals surface area (Å²) < 4.78 is 8.16. The molecule has 19 heavy (non-hydrogen) atoms. The Bertz CT molecular complexity index is 566. The van der Waals surface area contributed by atoms with Crippen molar-refractivity contribution >= 4 is 21.6 Å². The molecule has 0 aromatic carbocycles. The van der Waals surface area contributed by atoms with Crippen LogP contribution in [0.3, 0.4) is 0 Å². The lowest BCUT2D eigenvalue weighted by Crippen LogP contribution is -2.37. The van der Waals surface area contributed by atoms with Crippen LogP contribution < -0.4 is 5.32 Å². The summed E-state index contributed by atoms with van der Waals surface area (Å²) >= 11 is 3.43. The molecule has 2 N–H and O–H groups in total. The van der Waals surface area contributed by atoms with Gasteiger partial charge >= 0.3 is 0 Å². The van der Waals surface area contributed by atoms with E-state index >= 15 is 0 Å². The smallest absolute Gasteiger partial charge is 0.148 e. The first-order valence-corrected chi connectivity index (χ1v) is 7.18. The first-order chi connectivity index (χ1) is 9.24. The summed E-state index contributed by atoms with van der Waals surface area (Å²) in [6, 6.07) is 4.14. The number of fused-ring (bicyclic) bond motifs is 1. The third-order valence-electron chi connectivity index (χ3n) is 3.39.